The number of Topliss-reactive ketones (excluding diaryl/α,β-unsaturated/α-hetero) is 1. The molecule has 0 spiro atoms. The number of esters is 1. The molecule has 33 heavy (non-hydrogen) atoms. The van der Waals surface area contributed by atoms with Crippen molar-refractivity contribution < 1.29 is 14.3 Å². The molecule has 0 aromatic heterocycles. The van der Waals surface area contributed by atoms with E-state index < -0.39 is 5.92 Å². The minimum absolute atomic E-state index is 0.0774. The van der Waals surface area contributed by atoms with Crippen LogP contribution in [-0.4, -0.2) is 35.6 Å². The van der Waals surface area contributed by atoms with Crippen molar-refractivity contribution in [2.24, 2.45) is 10.9 Å². The molecule has 2 aromatic carbocycles. The Morgan fingerprint density at radius 2 is 1.82 bits per heavy atom. The molecule has 0 saturated carbocycles. The summed E-state index contributed by atoms with van der Waals surface area (Å²) in [5.41, 5.74) is 4.31. The predicted molar refractivity (Wildman–Crippen MR) is 138 cm³/mol. The summed E-state index contributed by atoms with van der Waals surface area (Å²) in [5, 5.41) is 0. The van der Waals surface area contributed by atoms with Gasteiger partial charge in [0.15, 0.2) is 5.78 Å². The fourth-order valence-corrected chi connectivity index (χ4v) is 5.55. The lowest BCUT2D eigenvalue weighted by Gasteiger charge is -2.36. The smallest absolute Gasteiger partial charge is 0.315 e. The predicted octanol–water partition coefficient (Wildman–Crippen LogP) is 6.32. The van der Waals surface area contributed by atoms with Crippen molar-refractivity contribution in [3.63, 3.8) is 0 Å². The minimum atomic E-state index is -0.589. The quantitative estimate of drug-likeness (QED) is 0.313. The van der Waals surface area contributed by atoms with E-state index in [0.717, 1.165) is 38.5 Å². The molecular weight excluding hydrogens is 498 g/mol. The van der Waals surface area contributed by atoms with E-state index in [4.69, 9.17) is 9.73 Å². The van der Waals surface area contributed by atoms with Crippen LogP contribution in [0.2, 0.25) is 0 Å². The Morgan fingerprint density at radius 3 is 2.52 bits per heavy atom. The maximum atomic E-state index is 13.5. The van der Waals surface area contributed by atoms with E-state index in [0.29, 0.717) is 25.0 Å². The number of ether oxygens (including phenoxy) is 1. The van der Waals surface area contributed by atoms with Gasteiger partial charge in [-0.3, -0.25) is 14.6 Å². The Balaban J connectivity index is 1.70. The van der Waals surface area contributed by atoms with Crippen molar-refractivity contribution >= 4 is 45.2 Å². The van der Waals surface area contributed by atoms with E-state index in [-0.39, 0.29) is 23.6 Å². The van der Waals surface area contributed by atoms with Crippen molar-refractivity contribution in [1.82, 2.24) is 0 Å². The zero-order chi connectivity index (χ0) is 23.4. The van der Waals surface area contributed by atoms with E-state index in [2.05, 4.69) is 35.0 Å². The van der Waals surface area contributed by atoms with Crippen LogP contribution in [0.15, 0.2) is 75.3 Å². The third-order valence-corrected chi connectivity index (χ3v) is 7.71. The number of ketones is 1. The van der Waals surface area contributed by atoms with Gasteiger partial charge in [0, 0.05) is 39.5 Å². The molecule has 4 nitrogen and oxygen atoms in total. The number of hydrogen-bond donors (Lipinski definition) is 0. The van der Waals surface area contributed by atoms with Crippen LogP contribution < -0.4 is 0 Å². The van der Waals surface area contributed by atoms with Crippen molar-refractivity contribution in [2.75, 3.05) is 18.1 Å². The maximum absolute atomic E-state index is 13.5. The molecule has 2 aliphatic rings. The van der Waals surface area contributed by atoms with Crippen LogP contribution in [0.4, 0.5) is 0 Å². The number of carbonyl (C=O) groups excluding carboxylic acids is 2. The lowest BCUT2D eigenvalue weighted by Crippen LogP contribution is -2.38. The first-order valence-corrected chi connectivity index (χ1v) is 13.3. The number of carbonyl (C=O) groups is 2. The van der Waals surface area contributed by atoms with Crippen LogP contribution in [0, 0.1) is 5.92 Å². The minimum Gasteiger partial charge on any atom is -0.464 e. The maximum Gasteiger partial charge on any atom is 0.315 e. The molecule has 1 aliphatic heterocycles. The molecule has 6 heteroatoms. The van der Waals surface area contributed by atoms with Gasteiger partial charge < -0.3 is 4.74 Å². The van der Waals surface area contributed by atoms with Gasteiger partial charge in [-0.15, -0.1) is 0 Å². The lowest BCUT2D eigenvalue weighted by molar-refractivity contribution is -0.145. The number of hydrogen-bond acceptors (Lipinski definition) is 5. The summed E-state index contributed by atoms with van der Waals surface area (Å²) in [7, 11) is 0. The Kier molecular flexibility index (Phi) is 7.86. The average Bonchev–Trinajstić information content (AvgIpc) is 2.82. The third-order valence-electron chi connectivity index (χ3n) is 6.32. The molecule has 3 atom stereocenters. The molecule has 1 aliphatic carbocycles. The summed E-state index contributed by atoms with van der Waals surface area (Å²) in [6, 6.07) is 18.0. The van der Waals surface area contributed by atoms with Gasteiger partial charge in [0.25, 0.3) is 0 Å². The fraction of sp³-hybridized carbons (Fsp3) is 0.370. The van der Waals surface area contributed by atoms with Gasteiger partial charge in [-0.25, -0.2) is 0 Å². The van der Waals surface area contributed by atoms with Gasteiger partial charge in [-0.05, 0) is 48.3 Å². The topological polar surface area (TPSA) is 55.7 Å². The van der Waals surface area contributed by atoms with Crippen LogP contribution >= 0.6 is 27.7 Å². The highest BCUT2D eigenvalue weighted by molar-refractivity contribution is 9.10. The van der Waals surface area contributed by atoms with Crippen molar-refractivity contribution in [3.05, 3.63) is 81.5 Å². The van der Waals surface area contributed by atoms with Crippen molar-refractivity contribution in [1.29, 1.82) is 0 Å². The highest BCUT2D eigenvalue weighted by atomic mass is 79.9. The van der Waals surface area contributed by atoms with Crippen molar-refractivity contribution in [2.45, 2.75) is 38.5 Å². The first-order valence-electron chi connectivity index (χ1n) is 11.4. The van der Waals surface area contributed by atoms with Gasteiger partial charge in [0.2, 0.25) is 0 Å². The second-order valence-corrected chi connectivity index (χ2v) is 10.7. The summed E-state index contributed by atoms with van der Waals surface area (Å²) in [4.78, 5) is 31.6. The first-order chi connectivity index (χ1) is 16.0. The summed E-state index contributed by atoms with van der Waals surface area (Å²) >= 11 is 5.23. The van der Waals surface area contributed by atoms with Crippen LogP contribution in [0.5, 0.6) is 0 Å². The first kappa shape index (κ1) is 24.0. The van der Waals surface area contributed by atoms with Crippen LogP contribution in [0.1, 0.15) is 49.7 Å². The molecule has 0 radical (unpaired) electrons. The summed E-state index contributed by atoms with van der Waals surface area (Å²) in [6.45, 7) is 4.34. The van der Waals surface area contributed by atoms with E-state index in [1.54, 1.807) is 11.8 Å². The van der Waals surface area contributed by atoms with Gasteiger partial charge in [-0.2, -0.15) is 11.8 Å². The largest absolute Gasteiger partial charge is 0.464 e. The molecule has 0 amide bonds. The van der Waals surface area contributed by atoms with Crippen molar-refractivity contribution in [3.8, 4) is 0 Å². The Labute approximate surface area is 208 Å². The normalized spacial score (nSPS) is 22.6. The second kappa shape index (κ2) is 10.8. The number of allylic oxidation sites excluding steroid dienone is 2. The number of rotatable bonds is 7. The lowest BCUT2D eigenvalue weighted by atomic mass is 9.69. The number of halogens is 1. The number of benzene rings is 2. The molecule has 1 unspecified atom stereocenters. The molecule has 2 aromatic rings. The zero-order valence-corrected chi connectivity index (χ0v) is 21.3. The average molecular weight is 526 g/mol. The molecule has 0 fully saturated rings. The van der Waals surface area contributed by atoms with Crippen LogP contribution in [0.25, 0.3) is 0 Å². The summed E-state index contributed by atoms with van der Waals surface area (Å²) in [5.74, 6) is 0.666. The summed E-state index contributed by atoms with van der Waals surface area (Å²) in [6.07, 6.45) is 1.13. The molecule has 0 N–H and O–H groups in total. The van der Waals surface area contributed by atoms with Gasteiger partial charge in [-0.1, -0.05) is 65.3 Å². The molecule has 0 saturated heterocycles. The summed E-state index contributed by atoms with van der Waals surface area (Å²) < 4.78 is 6.61. The highest BCUT2D eigenvalue weighted by Gasteiger charge is 2.44. The molecule has 4 rings (SSSR count). The van der Waals surface area contributed by atoms with E-state index in [9.17, 15) is 9.59 Å². The number of nitrogens with zero attached hydrogens (tertiary/aromatic N) is 1. The zero-order valence-electron chi connectivity index (χ0n) is 18.9. The van der Waals surface area contributed by atoms with E-state index in [1.165, 1.54) is 0 Å². The van der Waals surface area contributed by atoms with Crippen LogP contribution in [-0.2, 0) is 14.3 Å². The standard InChI is InChI=1S/C27H28BrNO3S/c1-3-33-14-13-32-27(31)24-17(2)29-22-15-20(18-7-5-4-6-8-18)16-23(30)26(22)25(24)19-9-11-21(28)12-10-19/h4-12,20,24-25H,3,13-16H2,1-2H3/t20-,24?,25-/m0/s1. The van der Waals surface area contributed by atoms with Gasteiger partial charge in [0.1, 0.15) is 12.5 Å². The highest BCUT2D eigenvalue weighted by Crippen LogP contribution is 2.46. The molecule has 0 bridgehead atoms. The van der Waals surface area contributed by atoms with E-state index >= 15 is 0 Å². The fourth-order valence-electron chi connectivity index (χ4n) is 4.79. The number of thioether (sulfide) groups is 1. The Hall–Kier alpha value is -2.18. The van der Waals surface area contributed by atoms with Gasteiger partial charge in [0.05, 0.1) is 0 Å². The molecule has 172 valence electrons. The third kappa shape index (κ3) is 5.33. The van der Waals surface area contributed by atoms with E-state index in [1.807, 2.05) is 49.4 Å². The molecule has 1 heterocycles. The number of aliphatic imine (C=N–C) groups is 1. The van der Waals surface area contributed by atoms with Gasteiger partial charge >= 0.3 is 5.97 Å². The Morgan fingerprint density at radius 1 is 1.09 bits per heavy atom. The molecular formula is C27H28BrNO3S. The second-order valence-electron chi connectivity index (χ2n) is 8.42. The van der Waals surface area contributed by atoms with Crippen LogP contribution in [0.3, 0.4) is 0 Å². The SMILES string of the molecule is CCSCCOC(=O)C1C(C)=NC2=C(C(=O)C[C@@H](c3ccccc3)C2)[C@H]1c1ccc(Br)cc1. The Bertz CT molecular complexity index is 1080. The monoisotopic (exact) mass is 525 g/mol.